The summed E-state index contributed by atoms with van der Waals surface area (Å²) in [5, 5.41) is 4.86. The first-order valence-electron chi connectivity index (χ1n) is 16.8. The minimum absolute atomic E-state index is 0.250. The molecule has 272 valence electrons. The van der Waals surface area contributed by atoms with E-state index in [9.17, 15) is 14.4 Å². The Kier molecular flexibility index (Phi) is 10.2. The third-order valence-corrected chi connectivity index (χ3v) is 7.46. The molecule has 2 aromatic heterocycles. The van der Waals surface area contributed by atoms with Gasteiger partial charge in [0.25, 0.3) is 0 Å². The van der Waals surface area contributed by atoms with Crippen LogP contribution >= 0.6 is 0 Å². The van der Waals surface area contributed by atoms with E-state index in [-0.39, 0.29) is 11.9 Å². The summed E-state index contributed by atoms with van der Waals surface area (Å²) in [5.41, 5.74) is -0.551. The van der Waals surface area contributed by atoms with Crippen LogP contribution in [0.5, 0.6) is 5.75 Å². The van der Waals surface area contributed by atoms with E-state index in [2.05, 4.69) is 5.10 Å². The van der Waals surface area contributed by atoms with Crippen LogP contribution in [-0.2, 0) is 14.2 Å². The molecule has 51 heavy (non-hydrogen) atoms. The van der Waals surface area contributed by atoms with Crippen LogP contribution in [0.4, 0.5) is 31.7 Å². The minimum Gasteiger partial charge on any atom is -0.497 e. The molecule has 0 atom stereocenters. The molecule has 0 saturated carbocycles. The second kappa shape index (κ2) is 14.1. The van der Waals surface area contributed by atoms with Crippen molar-refractivity contribution >= 4 is 46.5 Å². The fourth-order valence-corrected chi connectivity index (χ4v) is 5.28. The summed E-state index contributed by atoms with van der Waals surface area (Å²) in [7, 11) is 1.58. The van der Waals surface area contributed by atoms with Crippen molar-refractivity contribution in [2.24, 2.45) is 0 Å². The Morgan fingerprint density at radius 1 is 0.745 bits per heavy atom. The molecule has 0 radical (unpaired) electrons. The monoisotopic (exact) mass is 701 g/mol. The van der Waals surface area contributed by atoms with Gasteiger partial charge in [-0.15, -0.1) is 0 Å². The summed E-state index contributed by atoms with van der Waals surface area (Å²) in [5.74, 6) is 1.77. The van der Waals surface area contributed by atoms with Crippen molar-refractivity contribution in [1.82, 2.24) is 24.6 Å². The number of ether oxygens (including phenoxy) is 4. The third kappa shape index (κ3) is 9.24. The van der Waals surface area contributed by atoms with Gasteiger partial charge in [-0.2, -0.15) is 9.78 Å². The highest BCUT2D eigenvalue weighted by molar-refractivity contribution is 5.99. The van der Waals surface area contributed by atoms with Gasteiger partial charge in [0, 0.05) is 43.2 Å². The lowest BCUT2D eigenvalue weighted by Gasteiger charge is -2.36. The molecule has 0 aliphatic carbocycles. The van der Waals surface area contributed by atoms with E-state index in [4.69, 9.17) is 28.9 Å². The van der Waals surface area contributed by atoms with Gasteiger partial charge in [-0.25, -0.2) is 29.3 Å². The molecule has 1 aliphatic heterocycles. The Bertz CT molecular complexity index is 1910. The lowest BCUT2D eigenvalue weighted by Crippen LogP contribution is -2.50. The number of piperazine rings is 1. The van der Waals surface area contributed by atoms with Crippen molar-refractivity contribution in [3.05, 3.63) is 54.7 Å². The Morgan fingerprint density at radius 3 is 2.02 bits per heavy atom. The van der Waals surface area contributed by atoms with Crippen LogP contribution in [-0.4, -0.2) is 93.0 Å². The third-order valence-electron chi connectivity index (χ3n) is 7.46. The number of nitrogens with zero attached hydrogens (tertiary/aromatic N) is 7. The standard InChI is InChI=1S/C37H47N7O7/c1-35(2,3)49-32(45)42-18-16-41(17-19-42)29-22-30(40-31(39-29)24-12-11-13-27(21-24)48-10)43(33(46)50-36(4,5)6)26-14-15-28-25(20-26)23-38-44(28)34(47)51-37(7,8)9/h11-15,20-23H,16-19H2,1-10H3. The summed E-state index contributed by atoms with van der Waals surface area (Å²) in [6, 6.07) is 14.2. The van der Waals surface area contributed by atoms with Crippen molar-refractivity contribution in [2.75, 3.05) is 43.1 Å². The van der Waals surface area contributed by atoms with Gasteiger partial charge in [0.2, 0.25) is 0 Å². The normalized spacial score (nSPS) is 13.9. The zero-order chi connectivity index (χ0) is 37.3. The van der Waals surface area contributed by atoms with Crippen molar-refractivity contribution < 1.29 is 33.3 Å². The predicted octanol–water partition coefficient (Wildman–Crippen LogP) is 7.42. The highest BCUT2D eigenvalue weighted by Gasteiger charge is 2.31. The predicted molar refractivity (Wildman–Crippen MR) is 194 cm³/mol. The maximum absolute atomic E-state index is 14.1. The summed E-state index contributed by atoms with van der Waals surface area (Å²) < 4.78 is 23.7. The number of benzene rings is 2. The molecule has 0 unspecified atom stereocenters. The van der Waals surface area contributed by atoms with Gasteiger partial charge in [-0.05, 0) is 92.6 Å². The van der Waals surface area contributed by atoms with Crippen LogP contribution in [0.3, 0.4) is 0 Å². The van der Waals surface area contributed by atoms with E-state index in [1.165, 1.54) is 15.8 Å². The van der Waals surface area contributed by atoms with E-state index in [0.717, 1.165) is 0 Å². The SMILES string of the molecule is COc1cccc(-c2nc(N3CCN(C(=O)OC(C)(C)C)CC3)cc(N(C(=O)OC(C)(C)C)c3ccc4c(cnn4C(=O)OC(C)(C)C)c3)n2)c1. The molecular weight excluding hydrogens is 654 g/mol. The average Bonchev–Trinajstić information content (AvgIpc) is 3.46. The fourth-order valence-electron chi connectivity index (χ4n) is 5.28. The number of methoxy groups -OCH3 is 1. The van der Waals surface area contributed by atoms with E-state index < -0.39 is 29.0 Å². The Balaban J connectivity index is 1.59. The van der Waals surface area contributed by atoms with Gasteiger partial charge in [0.05, 0.1) is 24.5 Å². The summed E-state index contributed by atoms with van der Waals surface area (Å²) >= 11 is 0. The number of hydrogen-bond acceptors (Lipinski definition) is 11. The number of fused-ring (bicyclic) bond motifs is 1. The molecule has 0 N–H and O–H groups in total. The highest BCUT2D eigenvalue weighted by Crippen LogP contribution is 2.34. The lowest BCUT2D eigenvalue weighted by atomic mass is 10.2. The minimum atomic E-state index is -0.829. The molecule has 2 aromatic carbocycles. The molecule has 5 rings (SSSR count). The van der Waals surface area contributed by atoms with Gasteiger partial charge < -0.3 is 28.7 Å². The molecule has 2 amide bonds. The summed E-state index contributed by atoms with van der Waals surface area (Å²) in [6.07, 6.45) is -0.126. The van der Waals surface area contributed by atoms with Crippen molar-refractivity contribution in [1.29, 1.82) is 0 Å². The Hall–Kier alpha value is -5.40. The highest BCUT2D eigenvalue weighted by atomic mass is 16.6. The van der Waals surface area contributed by atoms with E-state index in [1.54, 1.807) is 77.8 Å². The molecule has 14 heteroatoms. The van der Waals surface area contributed by atoms with Gasteiger partial charge in [0.1, 0.15) is 34.2 Å². The molecular formula is C37H47N7O7. The number of hydrogen-bond donors (Lipinski definition) is 0. The number of aromatic nitrogens is 4. The van der Waals surface area contributed by atoms with Crippen LogP contribution < -0.4 is 14.5 Å². The van der Waals surface area contributed by atoms with Crippen LogP contribution in [0.2, 0.25) is 0 Å². The fraction of sp³-hybridized carbons (Fsp3) is 0.459. The van der Waals surface area contributed by atoms with Crippen molar-refractivity contribution in [3.8, 4) is 17.1 Å². The van der Waals surface area contributed by atoms with Gasteiger partial charge in [-0.3, -0.25) is 0 Å². The zero-order valence-electron chi connectivity index (χ0n) is 31.0. The van der Waals surface area contributed by atoms with Crippen molar-refractivity contribution in [3.63, 3.8) is 0 Å². The number of carbonyl (C=O) groups excluding carboxylic acids is 3. The molecule has 4 aromatic rings. The maximum Gasteiger partial charge on any atom is 0.435 e. The number of anilines is 3. The first-order chi connectivity index (χ1) is 23.8. The Morgan fingerprint density at radius 2 is 1.39 bits per heavy atom. The average molecular weight is 702 g/mol. The first kappa shape index (κ1) is 36.9. The smallest absolute Gasteiger partial charge is 0.435 e. The van der Waals surface area contributed by atoms with Crippen molar-refractivity contribution in [2.45, 2.75) is 79.1 Å². The van der Waals surface area contributed by atoms with E-state index in [1.807, 2.05) is 49.9 Å². The molecule has 1 fully saturated rings. The summed E-state index contributed by atoms with van der Waals surface area (Å²) in [6.45, 7) is 18.0. The van der Waals surface area contributed by atoms with Crippen LogP contribution in [0, 0.1) is 0 Å². The zero-order valence-corrected chi connectivity index (χ0v) is 31.0. The van der Waals surface area contributed by atoms with Gasteiger partial charge >= 0.3 is 18.3 Å². The lowest BCUT2D eigenvalue weighted by molar-refractivity contribution is 0.0239. The van der Waals surface area contributed by atoms with Crippen LogP contribution in [0.25, 0.3) is 22.3 Å². The molecule has 14 nitrogen and oxygen atoms in total. The largest absolute Gasteiger partial charge is 0.497 e. The summed E-state index contributed by atoms with van der Waals surface area (Å²) in [4.78, 5) is 54.7. The molecule has 1 aliphatic rings. The van der Waals surface area contributed by atoms with Gasteiger partial charge in [-0.1, -0.05) is 12.1 Å². The molecule has 1 saturated heterocycles. The number of rotatable bonds is 5. The van der Waals surface area contributed by atoms with Crippen LogP contribution in [0.1, 0.15) is 62.3 Å². The topological polar surface area (TPSA) is 141 Å². The van der Waals surface area contributed by atoms with Gasteiger partial charge in [0.15, 0.2) is 5.82 Å². The van der Waals surface area contributed by atoms with Crippen LogP contribution in [0.15, 0.2) is 54.7 Å². The quantitative estimate of drug-likeness (QED) is 0.192. The Labute approximate surface area is 298 Å². The maximum atomic E-state index is 14.1. The number of amides is 2. The second-order valence-corrected chi connectivity index (χ2v) is 15.2. The molecule has 0 spiro atoms. The first-order valence-corrected chi connectivity index (χ1v) is 16.8. The molecule has 0 bridgehead atoms. The van der Waals surface area contributed by atoms with E-state index in [0.29, 0.717) is 65.7 Å². The number of carbonyl (C=O) groups is 3. The molecule has 3 heterocycles. The second-order valence-electron chi connectivity index (χ2n) is 15.2. The van der Waals surface area contributed by atoms with E-state index >= 15 is 0 Å².